The number of nitrogens with two attached hydrogens (primary N) is 1. The summed E-state index contributed by atoms with van der Waals surface area (Å²) in [4.78, 5) is 11.7. The zero-order valence-electron chi connectivity index (χ0n) is 10.5. The van der Waals surface area contributed by atoms with Crippen molar-refractivity contribution in [2.75, 3.05) is 18.6 Å². The van der Waals surface area contributed by atoms with Crippen molar-refractivity contribution in [3.63, 3.8) is 0 Å². The third kappa shape index (κ3) is 5.75. The molecule has 0 bridgehead atoms. The van der Waals surface area contributed by atoms with Crippen LogP contribution in [-0.4, -0.2) is 41.7 Å². The van der Waals surface area contributed by atoms with Gasteiger partial charge in [0.25, 0.3) is 0 Å². The number of hydrogen-bond donors (Lipinski definition) is 3. The highest BCUT2D eigenvalue weighted by Crippen LogP contribution is 2.23. The summed E-state index contributed by atoms with van der Waals surface area (Å²) in [7, 11) is 0. The number of aliphatic hydroxyl groups excluding tert-OH is 1. The Morgan fingerprint density at radius 2 is 2.12 bits per heavy atom. The van der Waals surface area contributed by atoms with E-state index in [0.29, 0.717) is 12.5 Å². The molecule has 1 aliphatic rings. The minimum atomic E-state index is -0.378. The molecule has 0 aliphatic heterocycles. The highest BCUT2D eigenvalue weighted by molar-refractivity contribution is 7.98. The van der Waals surface area contributed by atoms with Crippen molar-refractivity contribution in [3.05, 3.63) is 0 Å². The average molecular weight is 260 g/mol. The van der Waals surface area contributed by atoms with Crippen molar-refractivity contribution in [2.45, 2.75) is 44.2 Å². The molecule has 0 aromatic rings. The van der Waals surface area contributed by atoms with Crippen molar-refractivity contribution in [1.82, 2.24) is 5.32 Å². The molecule has 4 N–H and O–H groups in total. The van der Waals surface area contributed by atoms with E-state index in [1.165, 1.54) is 0 Å². The van der Waals surface area contributed by atoms with Crippen LogP contribution >= 0.6 is 11.8 Å². The zero-order valence-corrected chi connectivity index (χ0v) is 11.3. The fraction of sp³-hybridized carbons (Fsp3) is 0.917. The summed E-state index contributed by atoms with van der Waals surface area (Å²) in [6, 6.07) is -0.378. The molecule has 0 saturated heterocycles. The van der Waals surface area contributed by atoms with Gasteiger partial charge in [0, 0.05) is 6.54 Å². The molecular weight excluding hydrogens is 236 g/mol. The quantitative estimate of drug-likeness (QED) is 0.658. The third-order valence-electron chi connectivity index (χ3n) is 3.35. The lowest BCUT2D eigenvalue weighted by atomic mass is 9.87. The average Bonchev–Trinajstić information content (AvgIpc) is 2.34. The van der Waals surface area contributed by atoms with Crippen LogP contribution in [0.1, 0.15) is 32.1 Å². The van der Waals surface area contributed by atoms with Crippen molar-refractivity contribution >= 4 is 17.7 Å². The van der Waals surface area contributed by atoms with E-state index in [9.17, 15) is 9.90 Å². The topological polar surface area (TPSA) is 75.4 Å². The summed E-state index contributed by atoms with van der Waals surface area (Å²) >= 11 is 1.71. The summed E-state index contributed by atoms with van der Waals surface area (Å²) in [6.45, 7) is 0.707. The van der Waals surface area contributed by atoms with Gasteiger partial charge in [0.15, 0.2) is 0 Å². The van der Waals surface area contributed by atoms with Gasteiger partial charge in [0.1, 0.15) is 0 Å². The fourth-order valence-corrected chi connectivity index (χ4v) is 2.59. The van der Waals surface area contributed by atoms with E-state index in [-0.39, 0.29) is 18.1 Å². The van der Waals surface area contributed by atoms with Crippen LogP contribution in [0.4, 0.5) is 0 Å². The minimum Gasteiger partial charge on any atom is -0.393 e. The first-order valence-electron chi connectivity index (χ1n) is 6.33. The summed E-state index contributed by atoms with van der Waals surface area (Å²) in [6.07, 6.45) is 6.33. The Balaban J connectivity index is 2.14. The molecule has 100 valence electrons. The van der Waals surface area contributed by atoms with E-state index in [0.717, 1.165) is 37.9 Å². The second-order valence-corrected chi connectivity index (χ2v) is 5.79. The molecule has 1 aliphatic carbocycles. The van der Waals surface area contributed by atoms with Crippen LogP contribution in [0.25, 0.3) is 0 Å². The summed E-state index contributed by atoms with van der Waals surface area (Å²) < 4.78 is 0. The normalized spacial score (nSPS) is 26.5. The summed E-state index contributed by atoms with van der Waals surface area (Å²) in [5, 5.41) is 12.3. The Kier molecular flexibility index (Phi) is 6.92. The maximum Gasteiger partial charge on any atom is 0.236 e. The number of nitrogens with one attached hydrogen (secondary N) is 1. The molecule has 1 rings (SSSR count). The van der Waals surface area contributed by atoms with E-state index < -0.39 is 0 Å². The van der Waals surface area contributed by atoms with E-state index in [2.05, 4.69) is 5.32 Å². The fourth-order valence-electron chi connectivity index (χ4n) is 2.10. The molecule has 1 amide bonds. The van der Waals surface area contributed by atoms with E-state index in [1.807, 2.05) is 6.26 Å². The van der Waals surface area contributed by atoms with Gasteiger partial charge in [-0.1, -0.05) is 0 Å². The van der Waals surface area contributed by atoms with Crippen molar-refractivity contribution in [2.24, 2.45) is 11.7 Å². The van der Waals surface area contributed by atoms with Gasteiger partial charge in [-0.2, -0.15) is 11.8 Å². The van der Waals surface area contributed by atoms with Gasteiger partial charge in [-0.25, -0.2) is 0 Å². The van der Waals surface area contributed by atoms with Crippen LogP contribution in [0.3, 0.4) is 0 Å². The van der Waals surface area contributed by atoms with Crippen LogP contribution in [0.2, 0.25) is 0 Å². The maximum atomic E-state index is 11.7. The lowest BCUT2D eigenvalue weighted by Gasteiger charge is -2.25. The number of amides is 1. The predicted octanol–water partition coefficient (Wildman–Crippen LogP) is 0.734. The van der Waals surface area contributed by atoms with Crippen molar-refractivity contribution in [3.8, 4) is 0 Å². The van der Waals surface area contributed by atoms with Crippen LogP contribution < -0.4 is 11.1 Å². The second kappa shape index (κ2) is 7.95. The Morgan fingerprint density at radius 3 is 2.71 bits per heavy atom. The summed E-state index contributed by atoms with van der Waals surface area (Å²) in [5.74, 6) is 1.39. The van der Waals surface area contributed by atoms with Crippen LogP contribution in [0, 0.1) is 5.92 Å². The highest BCUT2D eigenvalue weighted by Gasteiger charge is 2.20. The van der Waals surface area contributed by atoms with E-state index >= 15 is 0 Å². The lowest BCUT2D eigenvalue weighted by molar-refractivity contribution is -0.122. The number of rotatable bonds is 6. The van der Waals surface area contributed by atoms with Gasteiger partial charge in [0.05, 0.1) is 12.1 Å². The molecule has 5 heteroatoms. The largest absolute Gasteiger partial charge is 0.393 e. The van der Waals surface area contributed by atoms with Gasteiger partial charge < -0.3 is 16.2 Å². The van der Waals surface area contributed by atoms with E-state index in [1.54, 1.807) is 11.8 Å². The highest BCUT2D eigenvalue weighted by atomic mass is 32.2. The molecule has 0 heterocycles. The van der Waals surface area contributed by atoms with Gasteiger partial charge in [-0.15, -0.1) is 0 Å². The molecule has 4 nitrogen and oxygen atoms in total. The van der Waals surface area contributed by atoms with Crippen molar-refractivity contribution < 1.29 is 9.90 Å². The first-order chi connectivity index (χ1) is 8.13. The maximum absolute atomic E-state index is 11.7. The number of carbonyl (C=O) groups excluding carboxylic acids is 1. The smallest absolute Gasteiger partial charge is 0.236 e. The monoisotopic (exact) mass is 260 g/mol. The van der Waals surface area contributed by atoms with Crippen LogP contribution in [0.15, 0.2) is 0 Å². The predicted molar refractivity (Wildman–Crippen MR) is 71.9 cm³/mol. The summed E-state index contributed by atoms with van der Waals surface area (Å²) in [5.41, 5.74) is 5.78. The molecular formula is C12H24N2O2S. The number of hydrogen-bond acceptors (Lipinski definition) is 4. The van der Waals surface area contributed by atoms with Gasteiger partial charge in [-0.3, -0.25) is 4.79 Å². The molecule has 0 aromatic heterocycles. The minimum absolute atomic E-state index is 0.0369. The van der Waals surface area contributed by atoms with Crippen molar-refractivity contribution in [1.29, 1.82) is 0 Å². The number of thioether (sulfide) groups is 1. The Hall–Kier alpha value is -0.260. The Bertz CT molecular complexity index is 231. The Morgan fingerprint density at radius 1 is 1.47 bits per heavy atom. The van der Waals surface area contributed by atoms with Gasteiger partial charge >= 0.3 is 0 Å². The van der Waals surface area contributed by atoms with Gasteiger partial charge in [-0.05, 0) is 50.0 Å². The third-order valence-corrected chi connectivity index (χ3v) is 3.99. The molecule has 1 fully saturated rings. The first-order valence-corrected chi connectivity index (χ1v) is 7.73. The van der Waals surface area contributed by atoms with Crippen LogP contribution in [-0.2, 0) is 4.79 Å². The van der Waals surface area contributed by atoms with E-state index in [4.69, 9.17) is 5.73 Å². The first kappa shape index (κ1) is 14.8. The molecule has 0 spiro atoms. The number of aliphatic hydroxyl groups is 1. The zero-order chi connectivity index (χ0) is 12.7. The second-order valence-electron chi connectivity index (χ2n) is 4.81. The Labute approximate surface area is 108 Å². The van der Waals surface area contributed by atoms with Crippen LogP contribution in [0.5, 0.6) is 0 Å². The SMILES string of the molecule is CSCC[C@H](N)C(=O)NCC1CCC(O)CC1. The molecule has 1 atom stereocenters. The lowest BCUT2D eigenvalue weighted by Crippen LogP contribution is -2.43. The van der Waals surface area contributed by atoms with Gasteiger partial charge in [0.2, 0.25) is 5.91 Å². The molecule has 0 radical (unpaired) electrons. The molecule has 1 saturated carbocycles. The standard InChI is InChI=1S/C12H24N2O2S/c1-17-7-6-11(13)12(16)14-8-9-2-4-10(15)5-3-9/h9-11,15H,2-8,13H2,1H3,(H,14,16)/t9?,10?,11-/m0/s1. The molecule has 17 heavy (non-hydrogen) atoms. The number of carbonyl (C=O) groups is 1. The molecule has 0 aromatic carbocycles. The molecule has 0 unspecified atom stereocenters.